The van der Waals surface area contributed by atoms with Crippen molar-refractivity contribution in [2.75, 3.05) is 11.9 Å². The maximum Gasteiger partial charge on any atom is 0.242 e. The van der Waals surface area contributed by atoms with Gasteiger partial charge in [0.15, 0.2) is 0 Å². The molecular formula is C18H26N2O2. The number of allylic oxidation sites excluding steroid dienone is 1. The van der Waals surface area contributed by atoms with E-state index in [-0.39, 0.29) is 18.6 Å². The van der Waals surface area contributed by atoms with Gasteiger partial charge >= 0.3 is 0 Å². The number of aliphatic hydroxyl groups excluding tert-OH is 1. The van der Waals surface area contributed by atoms with Crippen LogP contribution in [-0.4, -0.2) is 23.6 Å². The number of benzene rings is 1. The Labute approximate surface area is 132 Å². The van der Waals surface area contributed by atoms with Crippen LogP contribution in [0.4, 0.5) is 5.69 Å². The molecule has 4 nitrogen and oxygen atoms in total. The maximum atomic E-state index is 12.1. The van der Waals surface area contributed by atoms with Crippen LogP contribution in [0.2, 0.25) is 0 Å². The molecule has 1 aromatic carbocycles. The van der Waals surface area contributed by atoms with Gasteiger partial charge in [-0.3, -0.25) is 4.79 Å². The van der Waals surface area contributed by atoms with E-state index >= 15 is 0 Å². The summed E-state index contributed by atoms with van der Waals surface area (Å²) in [4.78, 5) is 12.1. The normalized spacial score (nSPS) is 15.8. The van der Waals surface area contributed by atoms with E-state index in [4.69, 9.17) is 5.11 Å². The van der Waals surface area contributed by atoms with E-state index in [0.29, 0.717) is 6.54 Å². The third kappa shape index (κ3) is 5.19. The molecular weight excluding hydrogens is 276 g/mol. The van der Waals surface area contributed by atoms with E-state index in [2.05, 4.69) is 16.7 Å². The smallest absolute Gasteiger partial charge is 0.242 e. The summed E-state index contributed by atoms with van der Waals surface area (Å²) < 4.78 is 0. The van der Waals surface area contributed by atoms with Gasteiger partial charge in [0.2, 0.25) is 5.91 Å². The Hall–Kier alpha value is -1.81. The maximum absolute atomic E-state index is 12.1. The molecule has 120 valence electrons. The molecule has 2 rings (SSSR count). The zero-order chi connectivity index (χ0) is 15.8. The van der Waals surface area contributed by atoms with Crippen LogP contribution < -0.4 is 10.6 Å². The first kappa shape index (κ1) is 16.6. The molecule has 22 heavy (non-hydrogen) atoms. The van der Waals surface area contributed by atoms with Gasteiger partial charge in [-0.2, -0.15) is 0 Å². The summed E-state index contributed by atoms with van der Waals surface area (Å²) in [6, 6.07) is 7.18. The molecule has 0 saturated heterocycles. The molecule has 0 spiro atoms. The number of hydrogen-bond donors (Lipinski definition) is 3. The molecule has 0 heterocycles. The SMILES string of the molecule is CC(Nc1cccc(CO)c1)C(=O)NCCC1=CCCCC1. The van der Waals surface area contributed by atoms with Crippen molar-refractivity contribution < 1.29 is 9.90 Å². The summed E-state index contributed by atoms with van der Waals surface area (Å²) in [6.07, 6.45) is 8.21. The van der Waals surface area contributed by atoms with Gasteiger partial charge in [0.25, 0.3) is 0 Å². The number of anilines is 1. The molecule has 1 atom stereocenters. The predicted octanol–water partition coefficient (Wildman–Crippen LogP) is 2.99. The van der Waals surface area contributed by atoms with Crippen molar-refractivity contribution in [1.82, 2.24) is 5.32 Å². The van der Waals surface area contributed by atoms with E-state index in [9.17, 15) is 4.79 Å². The third-order valence-corrected chi connectivity index (χ3v) is 4.02. The van der Waals surface area contributed by atoms with Gasteiger partial charge in [0, 0.05) is 12.2 Å². The Kier molecular flexibility index (Phi) is 6.46. The Morgan fingerprint density at radius 2 is 2.23 bits per heavy atom. The van der Waals surface area contributed by atoms with Crippen molar-refractivity contribution in [3.8, 4) is 0 Å². The molecule has 1 amide bonds. The quantitative estimate of drug-likeness (QED) is 0.679. The van der Waals surface area contributed by atoms with E-state index < -0.39 is 0 Å². The third-order valence-electron chi connectivity index (χ3n) is 4.02. The van der Waals surface area contributed by atoms with E-state index in [1.54, 1.807) is 0 Å². The summed E-state index contributed by atoms with van der Waals surface area (Å²) >= 11 is 0. The minimum Gasteiger partial charge on any atom is -0.392 e. The van der Waals surface area contributed by atoms with Crippen molar-refractivity contribution in [1.29, 1.82) is 0 Å². The van der Waals surface area contributed by atoms with Gasteiger partial charge in [-0.1, -0.05) is 23.8 Å². The van der Waals surface area contributed by atoms with Crippen molar-refractivity contribution in [3.05, 3.63) is 41.5 Å². The van der Waals surface area contributed by atoms with Crippen molar-refractivity contribution in [3.63, 3.8) is 0 Å². The van der Waals surface area contributed by atoms with Crippen LogP contribution in [0, 0.1) is 0 Å². The van der Waals surface area contributed by atoms with Crippen LogP contribution in [0.25, 0.3) is 0 Å². The van der Waals surface area contributed by atoms with Gasteiger partial charge in [0.05, 0.1) is 6.61 Å². The zero-order valence-corrected chi connectivity index (χ0v) is 13.3. The van der Waals surface area contributed by atoms with Crippen molar-refractivity contribution >= 4 is 11.6 Å². The summed E-state index contributed by atoms with van der Waals surface area (Å²) in [5, 5.41) is 15.3. The van der Waals surface area contributed by atoms with Crippen LogP contribution in [0.15, 0.2) is 35.9 Å². The first-order valence-electron chi connectivity index (χ1n) is 8.11. The summed E-state index contributed by atoms with van der Waals surface area (Å²) in [5.41, 5.74) is 3.16. The molecule has 0 aliphatic heterocycles. The first-order valence-corrected chi connectivity index (χ1v) is 8.11. The minimum atomic E-state index is -0.297. The molecule has 1 aliphatic carbocycles. The molecule has 0 aromatic heterocycles. The highest BCUT2D eigenvalue weighted by atomic mass is 16.3. The highest BCUT2D eigenvalue weighted by Gasteiger charge is 2.12. The zero-order valence-electron chi connectivity index (χ0n) is 13.3. The van der Waals surface area contributed by atoms with E-state index in [0.717, 1.165) is 17.7 Å². The lowest BCUT2D eigenvalue weighted by Crippen LogP contribution is -2.38. The minimum absolute atomic E-state index is 0.00517. The Morgan fingerprint density at radius 1 is 1.36 bits per heavy atom. The molecule has 3 N–H and O–H groups in total. The fourth-order valence-electron chi connectivity index (χ4n) is 2.71. The van der Waals surface area contributed by atoms with Crippen molar-refractivity contribution in [2.45, 2.75) is 51.7 Å². The second kappa shape index (κ2) is 8.59. The molecule has 0 radical (unpaired) electrons. The number of amides is 1. The van der Waals surface area contributed by atoms with Crippen LogP contribution in [0.3, 0.4) is 0 Å². The second-order valence-electron chi connectivity index (χ2n) is 5.87. The lowest BCUT2D eigenvalue weighted by molar-refractivity contribution is -0.121. The Morgan fingerprint density at radius 3 is 2.95 bits per heavy atom. The lowest BCUT2D eigenvalue weighted by atomic mass is 9.97. The molecule has 4 heteroatoms. The average Bonchev–Trinajstić information content (AvgIpc) is 2.56. The Bertz CT molecular complexity index is 526. The summed E-state index contributed by atoms with van der Waals surface area (Å²) in [6.45, 7) is 2.55. The predicted molar refractivity (Wildman–Crippen MR) is 89.6 cm³/mol. The van der Waals surface area contributed by atoms with Crippen LogP contribution in [0.1, 0.15) is 44.6 Å². The number of nitrogens with one attached hydrogen (secondary N) is 2. The largest absolute Gasteiger partial charge is 0.392 e. The Balaban J connectivity index is 1.75. The fraction of sp³-hybridized carbons (Fsp3) is 0.500. The van der Waals surface area contributed by atoms with E-state index in [1.165, 1.54) is 31.3 Å². The number of carbonyl (C=O) groups excluding carboxylic acids is 1. The van der Waals surface area contributed by atoms with Crippen LogP contribution >= 0.6 is 0 Å². The number of aliphatic hydroxyl groups is 1. The molecule has 1 aromatic rings. The van der Waals surface area contributed by atoms with Gasteiger partial charge in [0.1, 0.15) is 6.04 Å². The summed E-state index contributed by atoms with van der Waals surface area (Å²) in [5.74, 6) is 0.00538. The molecule has 1 aliphatic rings. The molecule has 1 unspecified atom stereocenters. The highest BCUT2D eigenvalue weighted by molar-refractivity contribution is 5.84. The first-order chi connectivity index (χ1) is 10.7. The van der Waals surface area contributed by atoms with Gasteiger partial charge in [-0.25, -0.2) is 0 Å². The molecule has 0 fully saturated rings. The van der Waals surface area contributed by atoms with Gasteiger partial charge in [-0.05, 0) is 56.7 Å². The molecule has 0 saturated carbocycles. The fourth-order valence-corrected chi connectivity index (χ4v) is 2.71. The monoisotopic (exact) mass is 302 g/mol. The number of carbonyl (C=O) groups is 1. The highest BCUT2D eigenvalue weighted by Crippen LogP contribution is 2.19. The van der Waals surface area contributed by atoms with Crippen molar-refractivity contribution in [2.24, 2.45) is 0 Å². The van der Waals surface area contributed by atoms with Gasteiger partial charge < -0.3 is 15.7 Å². The van der Waals surface area contributed by atoms with Crippen LogP contribution in [-0.2, 0) is 11.4 Å². The second-order valence-corrected chi connectivity index (χ2v) is 5.87. The average molecular weight is 302 g/mol. The lowest BCUT2D eigenvalue weighted by Gasteiger charge is -2.17. The van der Waals surface area contributed by atoms with E-state index in [1.807, 2.05) is 31.2 Å². The topological polar surface area (TPSA) is 61.4 Å². The van der Waals surface area contributed by atoms with Gasteiger partial charge in [-0.15, -0.1) is 0 Å². The molecule has 0 bridgehead atoms. The summed E-state index contributed by atoms with van der Waals surface area (Å²) in [7, 11) is 0. The standard InChI is InChI=1S/C18H26N2O2/c1-14(20-17-9-5-8-16(12-17)13-21)18(22)19-11-10-15-6-3-2-4-7-15/h5-6,8-9,12,14,20-21H,2-4,7,10-11,13H2,1H3,(H,19,22). The van der Waals surface area contributed by atoms with Crippen LogP contribution in [0.5, 0.6) is 0 Å². The number of rotatable bonds is 7. The number of hydrogen-bond acceptors (Lipinski definition) is 3.